The number of hydrogen-bond donors (Lipinski definition) is 0. The van der Waals surface area contributed by atoms with Crippen molar-refractivity contribution >= 4 is 24.4 Å². The van der Waals surface area contributed by atoms with Crippen molar-refractivity contribution in [1.29, 1.82) is 0 Å². The summed E-state index contributed by atoms with van der Waals surface area (Å²) < 4.78 is 0. The Balaban J connectivity index is 0. The molecule has 0 atom stereocenters. The van der Waals surface area contributed by atoms with Crippen molar-refractivity contribution in [2.24, 2.45) is 0 Å². The molecule has 0 amide bonds. The molecule has 0 spiro atoms. The second-order valence-electron chi connectivity index (χ2n) is 7.47. The normalized spacial score (nSPS) is 9.10. The maximum absolute atomic E-state index is 2.24. The van der Waals surface area contributed by atoms with Crippen LogP contribution in [0.25, 0.3) is 0 Å². The van der Waals surface area contributed by atoms with Gasteiger partial charge in [-0.25, -0.2) is 8.80 Å². The summed E-state index contributed by atoms with van der Waals surface area (Å²) in [7, 11) is -0.877. The van der Waals surface area contributed by atoms with Crippen molar-refractivity contribution in [3.05, 3.63) is 103 Å². The smallest absolute Gasteiger partial charge is 0.323 e. The summed E-state index contributed by atoms with van der Waals surface area (Å²) in [4.78, 5) is 0. The van der Waals surface area contributed by atoms with Crippen LogP contribution in [0, 0.1) is 11.8 Å². The molecule has 0 bridgehead atoms. The molecular weight excluding hydrogens is 413 g/mol. The van der Waals surface area contributed by atoms with Gasteiger partial charge in [0.25, 0.3) is 0 Å². The first kappa shape index (κ1) is 30.3. The zero-order valence-electron chi connectivity index (χ0n) is 19.4. The molecule has 0 saturated heterocycles. The fourth-order valence-electron chi connectivity index (χ4n) is 2.31. The van der Waals surface area contributed by atoms with Crippen LogP contribution >= 0.6 is 0 Å². The van der Waals surface area contributed by atoms with Crippen LogP contribution in [0.3, 0.4) is 0 Å². The van der Waals surface area contributed by atoms with Gasteiger partial charge in [0.2, 0.25) is 0 Å². The Hall–Kier alpha value is -0.902. The molecule has 29 heavy (non-hydrogen) atoms. The number of hydrogen-bond acceptors (Lipinski definition) is 0. The van der Waals surface area contributed by atoms with Crippen LogP contribution in [-0.4, -0.2) is 8.80 Å². The fourth-order valence-corrected chi connectivity index (χ4v) is 4.89. The van der Waals surface area contributed by atoms with Crippen molar-refractivity contribution < 1.29 is 38.3 Å². The van der Waals surface area contributed by atoms with Gasteiger partial charge in [0.1, 0.15) is 0 Å². The average molecular weight is 446 g/mol. The van der Waals surface area contributed by atoms with Gasteiger partial charge in [-0.1, -0.05) is 91.0 Å². The van der Waals surface area contributed by atoms with E-state index in [0.29, 0.717) is 0 Å². The average Bonchev–Trinajstić information content (AvgIpc) is 2.64. The molecule has 0 nitrogen and oxygen atoms in total. The third-order valence-corrected chi connectivity index (χ3v) is 5.92. The van der Waals surface area contributed by atoms with E-state index in [9.17, 15) is 0 Å². The van der Waals surface area contributed by atoms with Crippen molar-refractivity contribution in [2.45, 2.75) is 41.5 Å². The van der Waals surface area contributed by atoms with E-state index in [0.717, 1.165) is 0 Å². The van der Waals surface area contributed by atoms with Gasteiger partial charge in [-0.3, -0.25) is 0 Å². The van der Waals surface area contributed by atoms with E-state index < -0.39 is 8.80 Å². The molecule has 144 valence electrons. The molecule has 0 aliphatic rings. The maximum atomic E-state index is 2.24. The second kappa shape index (κ2) is 17.9. The van der Waals surface area contributed by atoms with Crippen molar-refractivity contribution in [3.63, 3.8) is 0 Å². The molecule has 0 fully saturated rings. The molecule has 0 aliphatic carbocycles. The Labute approximate surface area is 206 Å². The molecule has 0 N–H and O–H groups in total. The number of rotatable bonds is 3. The minimum atomic E-state index is -0.877. The monoisotopic (exact) mass is 444 g/mol. The Bertz CT molecular complexity index is 610. The van der Waals surface area contributed by atoms with E-state index in [2.05, 4.69) is 133 Å². The molecule has 3 aromatic rings. The van der Waals surface area contributed by atoms with Crippen LogP contribution < -0.4 is 34.4 Å². The minimum absolute atomic E-state index is 0. The van der Waals surface area contributed by atoms with Crippen molar-refractivity contribution in [1.82, 2.24) is 0 Å². The Morgan fingerprint density at radius 2 is 0.621 bits per heavy atom. The first-order chi connectivity index (χ1) is 12.9. The van der Waals surface area contributed by atoms with Gasteiger partial charge in [0, 0.05) is 0 Å². The van der Waals surface area contributed by atoms with E-state index in [-0.39, 0.29) is 38.3 Å². The Kier molecular flexibility index (Phi) is 18.7. The second-order valence-corrected chi connectivity index (χ2v) is 9.96. The summed E-state index contributed by atoms with van der Waals surface area (Å²) >= 11 is 0. The fraction of sp³-hybridized carbons (Fsp3) is 0.231. The summed E-state index contributed by atoms with van der Waals surface area (Å²) in [6.07, 6.45) is 0. The van der Waals surface area contributed by atoms with Gasteiger partial charge in [-0.05, 0) is 0 Å². The summed E-state index contributed by atoms with van der Waals surface area (Å²) in [6, 6.07) is 32.5. The Morgan fingerprint density at radius 1 is 0.448 bits per heavy atom. The van der Waals surface area contributed by atoms with E-state index in [1.165, 1.54) is 27.4 Å². The minimum Gasteiger partial charge on any atom is -0.323 e. The quantitative estimate of drug-likeness (QED) is 0.330. The van der Waals surface area contributed by atoms with Gasteiger partial charge >= 0.3 is 38.3 Å². The standard InChI is InChI=1S/C18H15Si.2C4H9.Li.Zn/c1-4-10-16(11-5-1)19(17-12-6-2-7-13-17)18-14-8-3-9-15-18;2*1-4(2)3;;/h1-15H;2*1-3H3;;/q3*-1;+1;+2. The van der Waals surface area contributed by atoms with Gasteiger partial charge in [-0.15, -0.1) is 0 Å². The van der Waals surface area contributed by atoms with Gasteiger partial charge in [0.15, 0.2) is 0 Å². The first-order valence-electron chi connectivity index (χ1n) is 9.48. The zero-order chi connectivity index (χ0) is 20.1. The van der Waals surface area contributed by atoms with Gasteiger partial charge in [-0.2, -0.15) is 57.1 Å². The van der Waals surface area contributed by atoms with Crippen LogP contribution in [-0.2, 0) is 19.5 Å². The maximum Gasteiger partial charge on any atom is 2.00 e. The summed E-state index contributed by atoms with van der Waals surface area (Å²) in [5.74, 6) is 2.83. The summed E-state index contributed by atoms with van der Waals surface area (Å²) in [5.41, 5.74) is 0. The number of benzene rings is 3. The molecule has 0 radical (unpaired) electrons. The van der Waals surface area contributed by atoms with Crippen LogP contribution in [0.2, 0.25) is 0 Å². The first-order valence-corrected chi connectivity index (χ1v) is 11.0. The topological polar surface area (TPSA) is 0 Å². The SMILES string of the molecule is C[C-](C)C.C[C-](C)C.[Li+].[Zn+2].c1ccc([Si-](c2ccccc2)c2ccccc2)cc1. The molecule has 3 heteroatoms. The molecule has 3 rings (SSSR count). The summed E-state index contributed by atoms with van der Waals surface area (Å²) in [6.45, 7) is 12.5. The molecule has 0 saturated carbocycles. The van der Waals surface area contributed by atoms with Crippen LogP contribution in [0.15, 0.2) is 91.0 Å². The van der Waals surface area contributed by atoms with Crippen LogP contribution in [0.5, 0.6) is 0 Å². The summed E-state index contributed by atoms with van der Waals surface area (Å²) in [5, 5.41) is 4.31. The van der Waals surface area contributed by atoms with E-state index in [4.69, 9.17) is 0 Å². The largest absolute Gasteiger partial charge is 2.00 e. The van der Waals surface area contributed by atoms with E-state index in [1.807, 2.05) is 0 Å². The molecule has 3 aromatic carbocycles. The third kappa shape index (κ3) is 13.9. The molecule has 0 unspecified atom stereocenters. The predicted molar refractivity (Wildman–Crippen MR) is 125 cm³/mol. The van der Waals surface area contributed by atoms with Crippen LogP contribution in [0.4, 0.5) is 0 Å². The van der Waals surface area contributed by atoms with Gasteiger partial charge in [0.05, 0.1) is 0 Å². The predicted octanol–water partition coefficient (Wildman–Crippen LogP) is 2.45. The molecule has 0 aromatic heterocycles. The third-order valence-electron chi connectivity index (χ3n) is 3.19. The Morgan fingerprint density at radius 3 is 0.793 bits per heavy atom. The molecular formula is C26H33LiSiZn. The van der Waals surface area contributed by atoms with Crippen molar-refractivity contribution in [2.75, 3.05) is 0 Å². The van der Waals surface area contributed by atoms with Crippen molar-refractivity contribution in [3.8, 4) is 0 Å². The van der Waals surface area contributed by atoms with E-state index >= 15 is 0 Å². The zero-order valence-corrected chi connectivity index (χ0v) is 23.3. The molecule has 0 aliphatic heterocycles. The van der Waals surface area contributed by atoms with Gasteiger partial charge < -0.3 is 11.8 Å². The van der Waals surface area contributed by atoms with E-state index in [1.54, 1.807) is 0 Å². The van der Waals surface area contributed by atoms with Crippen LogP contribution in [0.1, 0.15) is 41.5 Å². The molecule has 0 heterocycles.